The van der Waals surface area contributed by atoms with Crippen LogP contribution in [-0.4, -0.2) is 46.2 Å². The van der Waals surface area contributed by atoms with E-state index in [1.807, 2.05) is 0 Å². The van der Waals surface area contributed by atoms with Gasteiger partial charge in [0.05, 0.1) is 23.4 Å². The second kappa shape index (κ2) is 12.6. The Kier molecular flexibility index (Phi) is 9.75. The number of halogens is 5. The van der Waals surface area contributed by atoms with Crippen molar-refractivity contribution in [2.45, 2.75) is 52.1 Å². The summed E-state index contributed by atoms with van der Waals surface area (Å²) in [6.45, 7) is 4.80. The molecule has 0 saturated carbocycles. The molecular weight excluding hydrogens is 566 g/mol. The lowest BCUT2D eigenvalue weighted by atomic mass is 10.1. The third kappa shape index (κ3) is 8.28. The Morgan fingerprint density at radius 1 is 1.15 bits per heavy atom. The zero-order valence-electron chi connectivity index (χ0n) is 20.8. The molecule has 0 saturated heterocycles. The molecule has 2 heterocycles. The minimum absolute atomic E-state index is 0.0337. The highest BCUT2D eigenvalue weighted by atomic mass is 35.5. The third-order valence-corrected chi connectivity index (χ3v) is 6.34. The normalized spacial score (nSPS) is 12.3. The average molecular weight is 588 g/mol. The third-order valence-electron chi connectivity index (χ3n) is 5.03. The molecule has 0 aliphatic heterocycles. The number of nitrogens with zero attached hydrogens (tertiary/aromatic N) is 2. The maximum Gasteiger partial charge on any atom is 0.491 e. The van der Waals surface area contributed by atoms with Crippen LogP contribution in [0, 0.1) is 12.7 Å². The molecule has 3 rings (SSSR count). The van der Waals surface area contributed by atoms with Crippen molar-refractivity contribution in [1.29, 1.82) is 0 Å². The molecule has 0 bridgehead atoms. The van der Waals surface area contributed by atoms with E-state index in [1.165, 1.54) is 47.9 Å². The van der Waals surface area contributed by atoms with Gasteiger partial charge in [0, 0.05) is 23.1 Å². The fraction of sp³-hybridized carbons (Fsp3) is 0.320. The smallest absolute Gasteiger partial charge is 0.384 e. The number of aromatic nitrogens is 2. The summed E-state index contributed by atoms with van der Waals surface area (Å²) in [5.74, 6) is -5.18. The summed E-state index contributed by atoms with van der Waals surface area (Å²) in [5, 5.41) is 3.09. The van der Waals surface area contributed by atoms with Crippen LogP contribution in [0.5, 0.6) is 0 Å². The predicted octanol–water partition coefficient (Wildman–Crippen LogP) is 5.20. The number of ether oxygens (including phenoxy) is 2. The molecule has 1 atom stereocenters. The van der Waals surface area contributed by atoms with E-state index in [9.17, 15) is 31.9 Å². The van der Waals surface area contributed by atoms with Gasteiger partial charge in [-0.1, -0.05) is 11.6 Å². The summed E-state index contributed by atoms with van der Waals surface area (Å²) in [7, 11) is 0. The van der Waals surface area contributed by atoms with Crippen molar-refractivity contribution >= 4 is 40.8 Å². The Bertz CT molecular complexity index is 1380. The van der Waals surface area contributed by atoms with Crippen LogP contribution in [0.2, 0.25) is 5.02 Å². The van der Waals surface area contributed by atoms with E-state index in [1.54, 1.807) is 20.8 Å². The van der Waals surface area contributed by atoms with E-state index in [0.29, 0.717) is 26.7 Å². The van der Waals surface area contributed by atoms with Gasteiger partial charge in [0.25, 0.3) is 5.91 Å². The molecule has 8 nitrogen and oxygen atoms in total. The van der Waals surface area contributed by atoms with Gasteiger partial charge in [0.1, 0.15) is 16.5 Å². The average Bonchev–Trinajstić information content (AvgIpc) is 3.24. The summed E-state index contributed by atoms with van der Waals surface area (Å²) in [5.41, 5.74) is 1.53. The summed E-state index contributed by atoms with van der Waals surface area (Å²) in [6.07, 6.45) is -6.19. The number of rotatable bonds is 9. The molecule has 1 amide bonds. The monoisotopic (exact) mass is 587 g/mol. The van der Waals surface area contributed by atoms with Gasteiger partial charge in [-0.25, -0.2) is 19.0 Å². The van der Waals surface area contributed by atoms with E-state index in [2.05, 4.69) is 20.0 Å². The molecule has 0 radical (unpaired) electrons. The number of thiazole rings is 1. The van der Waals surface area contributed by atoms with Crippen LogP contribution in [0.4, 0.5) is 17.6 Å². The molecule has 1 N–H and O–H groups in total. The first kappa shape index (κ1) is 30.1. The van der Waals surface area contributed by atoms with Crippen LogP contribution < -0.4 is 5.32 Å². The van der Waals surface area contributed by atoms with Crippen LogP contribution in [0.3, 0.4) is 0 Å². The largest absolute Gasteiger partial charge is 0.491 e. The molecule has 2 aromatic heterocycles. The Balaban J connectivity index is 1.68. The standard InChI is InChI=1S/C25H22ClF4N3O5S/c1-12(2)37-19(23(35)38-24(36)25(28,29)30)9-14-6-7-31-16(8-14)11-32-21(34)20-13(3)39-22(33-20)15-4-5-18(27)17(26)10-15/h4-8,10,12,19H,9,11H2,1-3H3,(H,32,34). The number of benzene rings is 1. The Morgan fingerprint density at radius 3 is 2.51 bits per heavy atom. The Hall–Kier alpha value is -3.42. The van der Waals surface area contributed by atoms with Crippen molar-refractivity contribution in [3.63, 3.8) is 0 Å². The minimum atomic E-state index is -5.33. The highest BCUT2D eigenvalue weighted by Gasteiger charge is 2.43. The number of aryl methyl sites for hydroxylation is 1. The number of hydrogen-bond donors (Lipinski definition) is 1. The number of carbonyl (C=O) groups excluding carboxylic acids is 3. The van der Waals surface area contributed by atoms with E-state index >= 15 is 0 Å². The van der Waals surface area contributed by atoms with Crippen LogP contribution in [-0.2, 0) is 32.0 Å². The molecule has 3 aromatic rings. The van der Waals surface area contributed by atoms with Crippen molar-refractivity contribution in [2.24, 2.45) is 0 Å². The summed E-state index contributed by atoms with van der Waals surface area (Å²) in [4.78, 5) is 45.1. The van der Waals surface area contributed by atoms with Gasteiger partial charge in [-0.2, -0.15) is 13.2 Å². The summed E-state index contributed by atoms with van der Waals surface area (Å²) < 4.78 is 60.3. The topological polar surface area (TPSA) is 107 Å². The number of carbonyl (C=O) groups is 3. The number of nitrogens with one attached hydrogen (secondary N) is 1. The fourth-order valence-corrected chi connectivity index (χ4v) is 4.40. The van der Waals surface area contributed by atoms with Gasteiger partial charge in [0.2, 0.25) is 0 Å². The van der Waals surface area contributed by atoms with Gasteiger partial charge < -0.3 is 14.8 Å². The first-order valence-electron chi connectivity index (χ1n) is 11.4. The van der Waals surface area contributed by atoms with Crippen LogP contribution in [0.25, 0.3) is 10.6 Å². The van der Waals surface area contributed by atoms with E-state index in [-0.39, 0.29) is 23.7 Å². The van der Waals surface area contributed by atoms with Crippen molar-refractivity contribution in [1.82, 2.24) is 15.3 Å². The number of alkyl halides is 3. The molecule has 14 heteroatoms. The van der Waals surface area contributed by atoms with Gasteiger partial charge in [-0.05, 0) is 56.7 Å². The van der Waals surface area contributed by atoms with Crippen LogP contribution in [0.1, 0.15) is 40.5 Å². The molecular formula is C25H22ClF4N3O5S. The van der Waals surface area contributed by atoms with Gasteiger partial charge >= 0.3 is 18.1 Å². The SMILES string of the molecule is Cc1sc(-c2ccc(F)c(Cl)c2)nc1C(=O)NCc1cc(CC(OC(C)C)C(=O)OC(=O)C(F)(F)F)ccn1. The molecule has 39 heavy (non-hydrogen) atoms. The molecule has 1 aromatic carbocycles. The van der Waals surface area contributed by atoms with Crippen molar-refractivity contribution < 1.29 is 41.4 Å². The first-order valence-corrected chi connectivity index (χ1v) is 12.6. The number of pyridine rings is 1. The number of esters is 2. The van der Waals surface area contributed by atoms with Crippen molar-refractivity contribution in [3.05, 3.63) is 69.2 Å². The summed E-state index contributed by atoms with van der Waals surface area (Å²) in [6, 6.07) is 7.15. The van der Waals surface area contributed by atoms with Crippen molar-refractivity contribution in [3.8, 4) is 10.6 Å². The lowest BCUT2D eigenvalue weighted by molar-refractivity contribution is -0.205. The van der Waals surface area contributed by atoms with E-state index in [4.69, 9.17) is 16.3 Å². The molecule has 0 spiro atoms. The number of hydrogen-bond acceptors (Lipinski definition) is 8. The molecule has 1 unspecified atom stereocenters. The highest BCUT2D eigenvalue weighted by molar-refractivity contribution is 7.15. The zero-order valence-corrected chi connectivity index (χ0v) is 22.3. The highest BCUT2D eigenvalue weighted by Crippen LogP contribution is 2.30. The van der Waals surface area contributed by atoms with Crippen molar-refractivity contribution in [2.75, 3.05) is 0 Å². The maximum absolute atomic E-state index is 13.5. The second-order valence-corrected chi connectivity index (χ2v) is 10.1. The molecule has 208 valence electrons. The zero-order chi connectivity index (χ0) is 28.9. The number of amides is 1. The molecule has 0 aliphatic rings. The summed E-state index contributed by atoms with van der Waals surface area (Å²) >= 11 is 7.07. The minimum Gasteiger partial charge on any atom is -0.384 e. The molecule has 0 fully saturated rings. The van der Waals surface area contributed by atoms with E-state index < -0.39 is 42.0 Å². The fourth-order valence-electron chi connectivity index (χ4n) is 3.31. The first-order chi connectivity index (χ1) is 18.2. The Labute approximate surface area is 229 Å². The van der Waals surface area contributed by atoms with Crippen LogP contribution >= 0.6 is 22.9 Å². The van der Waals surface area contributed by atoms with Gasteiger partial charge in [0.15, 0.2) is 6.10 Å². The second-order valence-electron chi connectivity index (χ2n) is 8.47. The van der Waals surface area contributed by atoms with Crippen LogP contribution in [0.15, 0.2) is 36.5 Å². The quantitative estimate of drug-likeness (QED) is 0.208. The lowest BCUT2D eigenvalue weighted by Crippen LogP contribution is -2.36. The molecule has 0 aliphatic carbocycles. The predicted molar refractivity (Wildman–Crippen MR) is 134 cm³/mol. The Morgan fingerprint density at radius 2 is 1.87 bits per heavy atom. The van der Waals surface area contributed by atoms with E-state index in [0.717, 1.165) is 0 Å². The van der Waals surface area contributed by atoms with Gasteiger partial charge in [-0.3, -0.25) is 9.78 Å². The van der Waals surface area contributed by atoms with Gasteiger partial charge in [-0.15, -0.1) is 11.3 Å². The lowest BCUT2D eigenvalue weighted by Gasteiger charge is -2.19. The maximum atomic E-state index is 13.5.